The van der Waals surface area contributed by atoms with E-state index in [0.717, 1.165) is 5.69 Å². The molecule has 0 aliphatic rings. The van der Waals surface area contributed by atoms with Crippen molar-refractivity contribution < 1.29 is 8.98 Å². The van der Waals surface area contributed by atoms with E-state index < -0.39 is 0 Å². The van der Waals surface area contributed by atoms with Crippen LogP contribution in [0.5, 0.6) is 5.75 Å². The van der Waals surface area contributed by atoms with Gasteiger partial charge in [-0.25, -0.2) is 4.79 Å². The Bertz CT molecular complexity index is 532. The van der Waals surface area contributed by atoms with Crippen LogP contribution in [-0.4, -0.2) is 6.03 Å². The summed E-state index contributed by atoms with van der Waals surface area (Å²) in [5.41, 5.74) is 1.37. The van der Waals surface area contributed by atoms with Crippen LogP contribution >= 0.6 is 12.9 Å². The van der Waals surface area contributed by atoms with Crippen LogP contribution in [-0.2, 0) is 0 Å². The Morgan fingerprint density at radius 1 is 0.944 bits per heavy atom. The number of para-hydroxylation sites is 1. The van der Waals surface area contributed by atoms with Gasteiger partial charge in [0.1, 0.15) is 5.75 Å². The second-order valence-electron chi connectivity index (χ2n) is 3.56. The topological polar surface area (TPSA) is 50.4 Å². The van der Waals surface area contributed by atoms with Gasteiger partial charge in [-0.15, -0.1) is 0 Å². The average molecular weight is 260 g/mol. The van der Waals surface area contributed by atoms with E-state index in [9.17, 15) is 4.79 Å². The fourth-order valence-electron chi connectivity index (χ4n) is 1.45. The molecule has 0 aromatic heterocycles. The van der Waals surface area contributed by atoms with Crippen LogP contribution in [0, 0.1) is 0 Å². The van der Waals surface area contributed by atoms with Crippen LogP contribution in [0.2, 0.25) is 0 Å². The monoisotopic (exact) mass is 260 g/mol. The molecule has 0 unspecified atom stereocenters. The minimum absolute atomic E-state index is 0.308. The van der Waals surface area contributed by atoms with E-state index in [-0.39, 0.29) is 6.03 Å². The van der Waals surface area contributed by atoms with Gasteiger partial charge in [0.25, 0.3) is 0 Å². The van der Waals surface area contributed by atoms with Crippen molar-refractivity contribution in [1.82, 2.24) is 0 Å². The Labute approximate surface area is 111 Å². The Balaban J connectivity index is 1.99. The maximum absolute atomic E-state index is 11.7. The summed E-state index contributed by atoms with van der Waals surface area (Å²) in [6, 6.07) is 15.9. The van der Waals surface area contributed by atoms with Crippen molar-refractivity contribution in [2.45, 2.75) is 0 Å². The third-order valence-corrected chi connectivity index (χ3v) is 2.44. The summed E-state index contributed by atoms with van der Waals surface area (Å²) in [5, 5.41) is 5.42. The van der Waals surface area contributed by atoms with Crippen molar-refractivity contribution in [2.24, 2.45) is 0 Å². The summed E-state index contributed by atoms with van der Waals surface area (Å²) in [6.45, 7) is 0. The van der Waals surface area contributed by atoms with Crippen molar-refractivity contribution in [3.8, 4) is 5.75 Å². The summed E-state index contributed by atoms with van der Waals surface area (Å²) in [6.07, 6.45) is 0. The highest BCUT2D eigenvalue weighted by atomic mass is 32.1. The average Bonchev–Trinajstić information content (AvgIpc) is 2.40. The lowest BCUT2D eigenvalue weighted by molar-refractivity contribution is 0.262. The number of anilines is 2. The normalized spacial score (nSPS) is 9.61. The molecule has 18 heavy (non-hydrogen) atoms. The Morgan fingerprint density at radius 3 is 2.33 bits per heavy atom. The molecule has 2 aromatic rings. The zero-order valence-corrected chi connectivity index (χ0v) is 10.4. The molecule has 0 radical (unpaired) electrons. The minimum atomic E-state index is -0.308. The van der Waals surface area contributed by atoms with E-state index in [4.69, 9.17) is 4.18 Å². The van der Waals surface area contributed by atoms with E-state index in [1.807, 2.05) is 30.3 Å². The summed E-state index contributed by atoms with van der Waals surface area (Å²) in [5.74, 6) is 0.566. The molecule has 2 amide bonds. The quantitative estimate of drug-likeness (QED) is 0.584. The number of hydrogen-bond acceptors (Lipinski definition) is 3. The van der Waals surface area contributed by atoms with Gasteiger partial charge in [-0.2, -0.15) is 0 Å². The van der Waals surface area contributed by atoms with Crippen molar-refractivity contribution in [1.29, 1.82) is 0 Å². The molecule has 0 fully saturated rings. The molecule has 2 aromatic carbocycles. The van der Waals surface area contributed by atoms with Crippen molar-refractivity contribution >= 4 is 30.3 Å². The van der Waals surface area contributed by atoms with Gasteiger partial charge in [-0.3, -0.25) is 0 Å². The minimum Gasteiger partial charge on any atom is -0.429 e. The molecular formula is C13H12N2O2S. The molecular weight excluding hydrogens is 248 g/mol. The lowest BCUT2D eigenvalue weighted by Gasteiger charge is -2.08. The Morgan fingerprint density at radius 2 is 1.61 bits per heavy atom. The number of carbonyl (C=O) groups is 1. The highest BCUT2D eigenvalue weighted by Crippen LogP contribution is 2.18. The van der Waals surface area contributed by atoms with Crippen LogP contribution in [0.1, 0.15) is 0 Å². The standard InChI is InChI=1S/C13H12N2O2S/c16-13(14-10-5-2-1-3-6-10)15-11-7-4-8-12(9-11)17-18/h1-9,18H,(H2,14,15,16). The highest BCUT2D eigenvalue weighted by molar-refractivity contribution is 7.75. The smallest absolute Gasteiger partial charge is 0.323 e. The molecule has 2 N–H and O–H groups in total. The number of hydrogen-bond donors (Lipinski definition) is 3. The molecule has 0 aliphatic carbocycles. The van der Waals surface area contributed by atoms with Crippen LogP contribution in [0.4, 0.5) is 16.2 Å². The zero-order chi connectivity index (χ0) is 12.8. The fraction of sp³-hybridized carbons (Fsp3) is 0. The van der Waals surface area contributed by atoms with E-state index in [1.165, 1.54) is 0 Å². The van der Waals surface area contributed by atoms with Gasteiger partial charge < -0.3 is 14.8 Å². The summed E-state index contributed by atoms with van der Waals surface area (Å²) < 4.78 is 4.78. The van der Waals surface area contributed by atoms with Crippen molar-refractivity contribution in [3.63, 3.8) is 0 Å². The molecule has 0 atom stereocenters. The Hall–Kier alpha value is -2.14. The molecule has 92 valence electrons. The molecule has 0 saturated heterocycles. The van der Waals surface area contributed by atoms with Crippen LogP contribution in [0.15, 0.2) is 54.6 Å². The first-order chi connectivity index (χ1) is 8.78. The van der Waals surface area contributed by atoms with Gasteiger partial charge in [0, 0.05) is 30.4 Å². The van der Waals surface area contributed by atoms with Gasteiger partial charge in [-0.05, 0) is 24.3 Å². The van der Waals surface area contributed by atoms with Crippen LogP contribution in [0.3, 0.4) is 0 Å². The molecule has 2 rings (SSSR count). The molecule has 5 heteroatoms. The lowest BCUT2D eigenvalue weighted by atomic mass is 10.3. The van der Waals surface area contributed by atoms with Gasteiger partial charge >= 0.3 is 6.03 Å². The largest absolute Gasteiger partial charge is 0.429 e. The summed E-state index contributed by atoms with van der Waals surface area (Å²) >= 11 is 3.70. The number of nitrogens with one attached hydrogen (secondary N) is 2. The second kappa shape index (κ2) is 5.97. The van der Waals surface area contributed by atoms with Crippen molar-refractivity contribution in [3.05, 3.63) is 54.6 Å². The number of urea groups is 1. The van der Waals surface area contributed by atoms with E-state index in [0.29, 0.717) is 11.4 Å². The Kier molecular flexibility index (Phi) is 4.09. The maximum atomic E-state index is 11.7. The first kappa shape index (κ1) is 12.3. The predicted molar refractivity (Wildman–Crippen MR) is 75.1 cm³/mol. The van der Waals surface area contributed by atoms with Gasteiger partial charge in [0.2, 0.25) is 0 Å². The molecule has 0 heterocycles. The van der Waals surface area contributed by atoms with E-state index in [1.54, 1.807) is 24.3 Å². The molecule has 4 nitrogen and oxygen atoms in total. The molecule has 0 aliphatic heterocycles. The molecule has 0 saturated carbocycles. The van der Waals surface area contributed by atoms with Crippen LogP contribution < -0.4 is 14.8 Å². The molecule has 0 bridgehead atoms. The number of carbonyl (C=O) groups excluding carboxylic acids is 1. The van der Waals surface area contributed by atoms with Gasteiger partial charge in [0.15, 0.2) is 0 Å². The summed E-state index contributed by atoms with van der Waals surface area (Å²) in [7, 11) is 0. The van der Waals surface area contributed by atoms with Gasteiger partial charge in [0.05, 0.1) is 0 Å². The van der Waals surface area contributed by atoms with E-state index in [2.05, 4.69) is 23.5 Å². The lowest BCUT2D eigenvalue weighted by Crippen LogP contribution is -2.19. The molecule has 0 spiro atoms. The number of thiol groups is 1. The number of amides is 2. The first-order valence-electron chi connectivity index (χ1n) is 5.32. The van der Waals surface area contributed by atoms with Gasteiger partial charge in [-0.1, -0.05) is 24.3 Å². The SMILES string of the molecule is O=C(Nc1ccccc1)Nc1cccc(OS)c1. The maximum Gasteiger partial charge on any atom is 0.323 e. The summed E-state index contributed by atoms with van der Waals surface area (Å²) in [4.78, 5) is 11.7. The first-order valence-corrected chi connectivity index (χ1v) is 5.69. The second-order valence-corrected chi connectivity index (χ2v) is 3.75. The fourth-order valence-corrected chi connectivity index (χ4v) is 1.56. The zero-order valence-electron chi connectivity index (χ0n) is 9.46. The van der Waals surface area contributed by atoms with Crippen LogP contribution in [0.25, 0.3) is 0 Å². The third kappa shape index (κ3) is 3.43. The number of benzene rings is 2. The van der Waals surface area contributed by atoms with E-state index >= 15 is 0 Å². The van der Waals surface area contributed by atoms with Crippen molar-refractivity contribution in [2.75, 3.05) is 10.6 Å². The highest BCUT2D eigenvalue weighted by Gasteiger charge is 2.02. The predicted octanol–water partition coefficient (Wildman–Crippen LogP) is 3.55. The third-order valence-electron chi connectivity index (χ3n) is 2.23. The number of rotatable bonds is 3.